The number of aliphatic imine (C=N–C) groups is 1. The number of nitrogens with one attached hydrogen (secondary N) is 2. The van der Waals surface area contributed by atoms with Crippen molar-refractivity contribution in [2.75, 3.05) is 6.54 Å². The average molecular weight is 435 g/mol. The topological polar surface area (TPSA) is 67.1 Å². The number of pyridine rings is 1. The van der Waals surface area contributed by atoms with Gasteiger partial charge in [-0.25, -0.2) is 9.98 Å². The highest BCUT2D eigenvalue weighted by molar-refractivity contribution is 14.0. The molecule has 0 saturated heterocycles. The number of guanidine groups is 1. The van der Waals surface area contributed by atoms with E-state index in [4.69, 9.17) is 11.6 Å². The van der Waals surface area contributed by atoms with Gasteiger partial charge in [-0.1, -0.05) is 17.7 Å². The summed E-state index contributed by atoms with van der Waals surface area (Å²) < 4.78 is 1.83. The molecule has 120 valence electrons. The van der Waals surface area contributed by atoms with Gasteiger partial charge in [-0.15, -0.1) is 24.0 Å². The molecule has 2 rings (SSSR count). The third kappa shape index (κ3) is 5.80. The quantitative estimate of drug-likeness (QED) is 0.328. The van der Waals surface area contributed by atoms with Crippen molar-refractivity contribution in [1.29, 1.82) is 0 Å². The third-order valence-corrected chi connectivity index (χ3v) is 3.14. The molecule has 2 heterocycles. The van der Waals surface area contributed by atoms with Crippen molar-refractivity contribution in [3.05, 3.63) is 47.0 Å². The Morgan fingerprint density at radius 3 is 2.73 bits per heavy atom. The first-order valence-electron chi connectivity index (χ1n) is 6.78. The highest BCUT2D eigenvalue weighted by atomic mass is 127. The summed E-state index contributed by atoms with van der Waals surface area (Å²) in [7, 11) is 1.92. The summed E-state index contributed by atoms with van der Waals surface area (Å²) in [6.45, 7) is 4.05. The lowest BCUT2D eigenvalue weighted by molar-refractivity contribution is 0.685. The van der Waals surface area contributed by atoms with Crippen LogP contribution in [0, 0.1) is 0 Å². The van der Waals surface area contributed by atoms with Crippen LogP contribution >= 0.6 is 35.6 Å². The highest BCUT2D eigenvalue weighted by Crippen LogP contribution is 2.06. The van der Waals surface area contributed by atoms with Crippen molar-refractivity contribution < 1.29 is 0 Å². The molecule has 0 fully saturated rings. The Kier molecular flexibility index (Phi) is 8.18. The number of rotatable bonds is 5. The first kappa shape index (κ1) is 18.7. The van der Waals surface area contributed by atoms with Crippen molar-refractivity contribution in [3.63, 3.8) is 0 Å². The molecule has 2 aromatic heterocycles. The van der Waals surface area contributed by atoms with E-state index >= 15 is 0 Å². The normalized spacial score (nSPS) is 11.0. The molecule has 0 radical (unpaired) electrons. The third-order valence-electron chi connectivity index (χ3n) is 2.91. The fraction of sp³-hybridized carbons (Fsp3) is 0.357. The van der Waals surface area contributed by atoms with Crippen LogP contribution in [-0.2, 0) is 20.1 Å². The number of aryl methyl sites for hydroxylation is 1. The molecule has 0 aliphatic carbocycles. The maximum absolute atomic E-state index is 5.77. The lowest BCUT2D eigenvalue weighted by Crippen LogP contribution is -2.37. The maximum Gasteiger partial charge on any atom is 0.191 e. The summed E-state index contributed by atoms with van der Waals surface area (Å²) >= 11 is 5.77. The monoisotopic (exact) mass is 434 g/mol. The van der Waals surface area contributed by atoms with E-state index in [2.05, 4.69) is 25.7 Å². The fourth-order valence-corrected chi connectivity index (χ4v) is 1.87. The molecule has 0 atom stereocenters. The standard InChI is InChI=1S/C14H19ClN6.HI/c1-3-16-14(19-10-12-6-7-20-21(12)2)18-9-11-4-5-13(15)17-8-11;/h4-8H,3,9-10H2,1-2H3,(H2,16,18,19);1H. The molecule has 0 aromatic carbocycles. The zero-order valence-electron chi connectivity index (χ0n) is 12.6. The summed E-state index contributed by atoms with van der Waals surface area (Å²) in [5, 5.41) is 11.1. The van der Waals surface area contributed by atoms with E-state index in [-0.39, 0.29) is 24.0 Å². The highest BCUT2D eigenvalue weighted by Gasteiger charge is 2.01. The zero-order valence-corrected chi connectivity index (χ0v) is 15.7. The molecular weight excluding hydrogens is 415 g/mol. The smallest absolute Gasteiger partial charge is 0.191 e. The van der Waals surface area contributed by atoms with Gasteiger partial charge >= 0.3 is 0 Å². The molecule has 2 aromatic rings. The molecule has 0 aliphatic rings. The number of aromatic nitrogens is 3. The molecule has 8 heteroatoms. The number of nitrogens with zero attached hydrogens (tertiary/aromatic N) is 4. The van der Waals surface area contributed by atoms with Gasteiger partial charge in [-0.3, -0.25) is 4.68 Å². The van der Waals surface area contributed by atoms with Crippen LogP contribution in [0.4, 0.5) is 0 Å². The summed E-state index contributed by atoms with van der Waals surface area (Å²) in [4.78, 5) is 8.57. The van der Waals surface area contributed by atoms with Crippen molar-refractivity contribution in [2.24, 2.45) is 12.0 Å². The van der Waals surface area contributed by atoms with Crippen molar-refractivity contribution in [1.82, 2.24) is 25.4 Å². The fourth-order valence-electron chi connectivity index (χ4n) is 1.76. The minimum absolute atomic E-state index is 0. The second kappa shape index (κ2) is 9.62. The van der Waals surface area contributed by atoms with Crippen LogP contribution < -0.4 is 10.6 Å². The van der Waals surface area contributed by atoms with Crippen LogP contribution in [0.2, 0.25) is 5.15 Å². The van der Waals surface area contributed by atoms with Gasteiger partial charge in [0, 0.05) is 26.0 Å². The molecule has 0 unspecified atom stereocenters. The Bertz CT molecular complexity index is 596. The van der Waals surface area contributed by atoms with Gasteiger partial charge < -0.3 is 10.6 Å². The van der Waals surface area contributed by atoms with E-state index < -0.39 is 0 Å². The molecule has 0 amide bonds. The number of halogens is 2. The minimum atomic E-state index is 0. The van der Waals surface area contributed by atoms with Crippen LogP contribution in [-0.4, -0.2) is 27.3 Å². The van der Waals surface area contributed by atoms with Gasteiger partial charge in [-0.05, 0) is 24.6 Å². The van der Waals surface area contributed by atoms with E-state index in [1.807, 2.05) is 30.8 Å². The Balaban J connectivity index is 0.00000242. The van der Waals surface area contributed by atoms with Gasteiger partial charge in [-0.2, -0.15) is 5.10 Å². The Morgan fingerprint density at radius 2 is 2.14 bits per heavy atom. The number of hydrogen-bond acceptors (Lipinski definition) is 3. The molecular formula is C14H20ClIN6. The Morgan fingerprint density at radius 1 is 1.32 bits per heavy atom. The second-order valence-corrected chi connectivity index (χ2v) is 4.87. The van der Waals surface area contributed by atoms with E-state index in [0.29, 0.717) is 18.2 Å². The van der Waals surface area contributed by atoms with Gasteiger partial charge in [0.05, 0.1) is 18.8 Å². The molecule has 6 nitrogen and oxygen atoms in total. The molecule has 0 saturated carbocycles. The molecule has 0 spiro atoms. The van der Waals surface area contributed by atoms with Gasteiger partial charge in [0.2, 0.25) is 0 Å². The predicted octanol–water partition coefficient (Wildman–Crippen LogP) is 2.34. The lowest BCUT2D eigenvalue weighted by atomic mass is 10.3. The van der Waals surface area contributed by atoms with Crippen LogP contribution in [0.5, 0.6) is 0 Å². The van der Waals surface area contributed by atoms with E-state index in [0.717, 1.165) is 23.8 Å². The summed E-state index contributed by atoms with van der Waals surface area (Å²) in [6, 6.07) is 5.66. The molecule has 0 bridgehead atoms. The summed E-state index contributed by atoms with van der Waals surface area (Å²) in [5.74, 6) is 0.758. The van der Waals surface area contributed by atoms with Gasteiger partial charge in [0.1, 0.15) is 5.15 Å². The Hall–Kier alpha value is -1.35. The average Bonchev–Trinajstić information content (AvgIpc) is 2.89. The van der Waals surface area contributed by atoms with Crippen LogP contribution in [0.25, 0.3) is 0 Å². The van der Waals surface area contributed by atoms with E-state index in [9.17, 15) is 0 Å². The predicted molar refractivity (Wildman–Crippen MR) is 99.5 cm³/mol. The summed E-state index contributed by atoms with van der Waals surface area (Å²) in [5.41, 5.74) is 2.10. The first-order chi connectivity index (χ1) is 10.2. The number of hydrogen-bond donors (Lipinski definition) is 2. The minimum Gasteiger partial charge on any atom is -0.357 e. The second-order valence-electron chi connectivity index (χ2n) is 4.48. The van der Waals surface area contributed by atoms with Crippen LogP contribution in [0.3, 0.4) is 0 Å². The largest absolute Gasteiger partial charge is 0.357 e. The molecule has 0 aliphatic heterocycles. The molecule has 2 N–H and O–H groups in total. The van der Waals surface area contributed by atoms with Crippen molar-refractivity contribution in [3.8, 4) is 0 Å². The SMILES string of the molecule is CCNC(=NCc1ccc(Cl)nc1)NCc1ccnn1C.I. The van der Waals surface area contributed by atoms with Gasteiger partial charge in [0.25, 0.3) is 0 Å². The van der Waals surface area contributed by atoms with E-state index in [1.165, 1.54) is 0 Å². The van der Waals surface area contributed by atoms with Gasteiger partial charge in [0.15, 0.2) is 5.96 Å². The molecule has 22 heavy (non-hydrogen) atoms. The van der Waals surface area contributed by atoms with Crippen molar-refractivity contribution in [2.45, 2.75) is 20.0 Å². The van der Waals surface area contributed by atoms with Crippen molar-refractivity contribution >= 4 is 41.5 Å². The summed E-state index contributed by atoms with van der Waals surface area (Å²) in [6.07, 6.45) is 3.51. The van der Waals surface area contributed by atoms with Crippen LogP contribution in [0.15, 0.2) is 35.6 Å². The van der Waals surface area contributed by atoms with E-state index in [1.54, 1.807) is 18.5 Å². The lowest BCUT2D eigenvalue weighted by Gasteiger charge is -2.11. The Labute approximate surface area is 152 Å². The van der Waals surface area contributed by atoms with Crippen LogP contribution in [0.1, 0.15) is 18.2 Å². The first-order valence-corrected chi connectivity index (χ1v) is 7.16. The maximum atomic E-state index is 5.77. The zero-order chi connectivity index (χ0) is 15.1.